The van der Waals surface area contributed by atoms with E-state index >= 15 is 0 Å². The lowest BCUT2D eigenvalue weighted by Gasteiger charge is -2.35. The van der Waals surface area contributed by atoms with Gasteiger partial charge in [-0.1, -0.05) is 5.16 Å². The van der Waals surface area contributed by atoms with E-state index in [2.05, 4.69) is 10.1 Å². The second-order valence-corrected chi connectivity index (χ2v) is 5.25. The van der Waals surface area contributed by atoms with Gasteiger partial charge in [-0.2, -0.15) is 13.2 Å². The average molecular weight is 301 g/mol. The van der Waals surface area contributed by atoms with Crippen LogP contribution in [0, 0.1) is 0 Å². The van der Waals surface area contributed by atoms with Crippen LogP contribution in [0.3, 0.4) is 0 Å². The van der Waals surface area contributed by atoms with Crippen molar-refractivity contribution in [3.05, 3.63) is 29.3 Å². The molecule has 1 aliphatic heterocycles. The maximum atomic E-state index is 13.0. The summed E-state index contributed by atoms with van der Waals surface area (Å²) >= 11 is 0. The van der Waals surface area contributed by atoms with Crippen molar-refractivity contribution in [1.29, 1.82) is 0 Å². The number of piperidine rings is 1. The van der Waals surface area contributed by atoms with Crippen LogP contribution in [0.15, 0.2) is 23.4 Å². The predicted octanol–water partition coefficient (Wildman–Crippen LogP) is 3.18. The van der Waals surface area contributed by atoms with Crippen molar-refractivity contribution < 1.29 is 18.4 Å². The van der Waals surface area contributed by atoms with E-state index < -0.39 is 17.6 Å². The Kier molecular flexibility index (Phi) is 4.29. The Labute approximate surface area is 121 Å². The normalized spacial score (nSPS) is 20.7. The van der Waals surface area contributed by atoms with Crippen molar-refractivity contribution in [1.82, 2.24) is 0 Å². The lowest BCUT2D eigenvalue weighted by atomic mass is 10.00. The van der Waals surface area contributed by atoms with Crippen molar-refractivity contribution in [2.45, 2.75) is 38.4 Å². The van der Waals surface area contributed by atoms with E-state index in [9.17, 15) is 13.2 Å². The second-order valence-electron chi connectivity index (χ2n) is 5.25. The Hall–Kier alpha value is -1.92. The number of rotatable bonds is 2. The highest BCUT2D eigenvalue weighted by molar-refractivity contribution is 5.99. The van der Waals surface area contributed by atoms with Crippen molar-refractivity contribution in [2.24, 2.45) is 10.9 Å². The van der Waals surface area contributed by atoms with Crippen molar-refractivity contribution in [2.75, 3.05) is 11.4 Å². The van der Waals surface area contributed by atoms with Gasteiger partial charge in [0.15, 0.2) is 5.84 Å². The van der Waals surface area contributed by atoms with E-state index in [-0.39, 0.29) is 11.6 Å². The lowest BCUT2D eigenvalue weighted by molar-refractivity contribution is -0.137. The van der Waals surface area contributed by atoms with Gasteiger partial charge in [0.2, 0.25) is 0 Å². The highest BCUT2D eigenvalue weighted by Crippen LogP contribution is 2.35. The molecule has 0 bridgehead atoms. The number of alkyl halides is 3. The fourth-order valence-electron chi connectivity index (χ4n) is 2.71. The molecule has 21 heavy (non-hydrogen) atoms. The Bertz CT molecular complexity index is 543. The third kappa shape index (κ3) is 3.22. The topological polar surface area (TPSA) is 61.8 Å². The Morgan fingerprint density at radius 2 is 2.10 bits per heavy atom. The molecule has 2 rings (SSSR count). The number of anilines is 1. The van der Waals surface area contributed by atoms with Crippen molar-refractivity contribution >= 4 is 11.5 Å². The fourth-order valence-corrected chi connectivity index (χ4v) is 2.71. The minimum atomic E-state index is -4.54. The van der Waals surface area contributed by atoms with E-state index in [0.29, 0.717) is 5.69 Å². The molecule has 1 heterocycles. The van der Waals surface area contributed by atoms with Gasteiger partial charge >= 0.3 is 6.18 Å². The molecule has 116 valence electrons. The zero-order valence-corrected chi connectivity index (χ0v) is 11.7. The molecule has 1 aliphatic rings. The Balaban J connectivity index is 2.46. The first kappa shape index (κ1) is 15.5. The Morgan fingerprint density at radius 1 is 1.38 bits per heavy atom. The van der Waals surface area contributed by atoms with Crippen molar-refractivity contribution in [3.8, 4) is 0 Å². The van der Waals surface area contributed by atoms with E-state index in [4.69, 9.17) is 10.9 Å². The first-order valence-electron chi connectivity index (χ1n) is 6.80. The maximum Gasteiger partial charge on any atom is 0.417 e. The summed E-state index contributed by atoms with van der Waals surface area (Å²) in [5, 5.41) is 11.4. The molecule has 7 heteroatoms. The molecule has 1 aromatic rings. The van der Waals surface area contributed by atoms with Crippen LogP contribution < -0.4 is 10.6 Å². The number of nitrogens with two attached hydrogens (primary N) is 1. The molecule has 1 unspecified atom stereocenters. The SMILES string of the molecule is CC1CCCCN1c1ccc(C(F)(F)F)c(/C(N)=N/O)c1. The average Bonchev–Trinajstić information content (AvgIpc) is 2.45. The number of halogens is 3. The first-order valence-corrected chi connectivity index (χ1v) is 6.80. The second kappa shape index (κ2) is 5.83. The number of oxime groups is 1. The third-order valence-electron chi connectivity index (χ3n) is 3.83. The minimum Gasteiger partial charge on any atom is -0.409 e. The molecular weight excluding hydrogens is 283 g/mol. The van der Waals surface area contributed by atoms with Gasteiger partial charge in [-0.15, -0.1) is 0 Å². The van der Waals surface area contributed by atoms with Gasteiger partial charge in [0.1, 0.15) is 0 Å². The van der Waals surface area contributed by atoms with E-state index in [1.54, 1.807) is 0 Å². The standard InChI is InChI=1S/C14H18F3N3O/c1-9-4-2-3-7-20(9)10-5-6-12(14(15,16)17)11(8-10)13(18)19-21/h5-6,8-9,21H,2-4,7H2,1H3,(H2,18,19). The molecule has 3 N–H and O–H groups in total. The molecule has 0 amide bonds. The van der Waals surface area contributed by atoms with Crippen molar-refractivity contribution in [3.63, 3.8) is 0 Å². The largest absolute Gasteiger partial charge is 0.417 e. The van der Waals surface area contributed by atoms with Gasteiger partial charge in [0.05, 0.1) is 5.56 Å². The highest BCUT2D eigenvalue weighted by atomic mass is 19.4. The van der Waals surface area contributed by atoms with E-state index in [1.165, 1.54) is 12.1 Å². The van der Waals surface area contributed by atoms with Crippen LogP contribution in [0.5, 0.6) is 0 Å². The zero-order chi connectivity index (χ0) is 15.6. The predicted molar refractivity (Wildman–Crippen MR) is 74.6 cm³/mol. The van der Waals surface area contributed by atoms with Crippen LogP contribution >= 0.6 is 0 Å². The summed E-state index contributed by atoms with van der Waals surface area (Å²) in [5.41, 5.74) is 4.88. The van der Waals surface area contributed by atoms with Gasteiger partial charge < -0.3 is 15.8 Å². The van der Waals surface area contributed by atoms with Gasteiger partial charge in [0, 0.05) is 23.8 Å². The summed E-state index contributed by atoms with van der Waals surface area (Å²) < 4.78 is 39.0. The minimum absolute atomic E-state index is 0.260. The molecule has 1 fully saturated rings. The van der Waals surface area contributed by atoms with Gasteiger partial charge in [-0.05, 0) is 44.4 Å². The molecule has 1 aromatic carbocycles. The van der Waals surface area contributed by atoms with Crippen LogP contribution in [-0.4, -0.2) is 23.6 Å². The lowest BCUT2D eigenvalue weighted by Crippen LogP contribution is -2.37. The molecule has 4 nitrogen and oxygen atoms in total. The number of benzene rings is 1. The Morgan fingerprint density at radius 3 is 2.67 bits per heavy atom. The van der Waals surface area contributed by atoms with Gasteiger partial charge in [-0.3, -0.25) is 0 Å². The summed E-state index contributed by atoms with van der Waals surface area (Å²) in [5.74, 6) is -0.533. The van der Waals surface area contributed by atoms with E-state index in [1.807, 2.05) is 6.92 Å². The molecule has 0 saturated carbocycles. The van der Waals surface area contributed by atoms with Crippen LogP contribution in [0.25, 0.3) is 0 Å². The van der Waals surface area contributed by atoms with E-state index in [0.717, 1.165) is 31.9 Å². The maximum absolute atomic E-state index is 13.0. The van der Waals surface area contributed by atoms with Crippen LogP contribution in [0.2, 0.25) is 0 Å². The molecule has 0 spiro atoms. The highest BCUT2D eigenvalue weighted by Gasteiger charge is 2.35. The van der Waals surface area contributed by atoms with Crippen LogP contribution in [-0.2, 0) is 6.18 Å². The van der Waals surface area contributed by atoms with Gasteiger partial charge in [0.25, 0.3) is 0 Å². The summed E-state index contributed by atoms with van der Waals surface area (Å²) in [6, 6.07) is 4.04. The zero-order valence-electron chi connectivity index (χ0n) is 11.7. The summed E-state index contributed by atoms with van der Waals surface area (Å²) in [6.07, 6.45) is -1.42. The molecule has 0 aromatic heterocycles. The number of hydrogen-bond donors (Lipinski definition) is 2. The molecule has 0 radical (unpaired) electrons. The van der Waals surface area contributed by atoms with Crippen LogP contribution in [0.1, 0.15) is 37.3 Å². The molecule has 0 aliphatic carbocycles. The number of nitrogens with zero attached hydrogens (tertiary/aromatic N) is 2. The monoisotopic (exact) mass is 301 g/mol. The molecular formula is C14H18F3N3O. The first-order chi connectivity index (χ1) is 9.84. The number of hydrogen-bond acceptors (Lipinski definition) is 3. The number of amidine groups is 1. The molecule has 1 saturated heterocycles. The quantitative estimate of drug-likeness (QED) is 0.382. The summed E-state index contributed by atoms with van der Waals surface area (Å²) in [6.45, 7) is 2.84. The summed E-state index contributed by atoms with van der Waals surface area (Å²) in [4.78, 5) is 2.05. The third-order valence-corrected chi connectivity index (χ3v) is 3.83. The van der Waals surface area contributed by atoms with Crippen LogP contribution in [0.4, 0.5) is 18.9 Å². The fraction of sp³-hybridized carbons (Fsp3) is 0.500. The smallest absolute Gasteiger partial charge is 0.409 e. The molecule has 1 atom stereocenters. The summed E-state index contributed by atoms with van der Waals surface area (Å²) in [7, 11) is 0. The van der Waals surface area contributed by atoms with Gasteiger partial charge in [-0.25, -0.2) is 0 Å².